The molecule has 1 aliphatic rings. The fraction of sp³-hybridized carbons (Fsp3) is 0.176. The first kappa shape index (κ1) is 13.2. The average molecular weight is 252 g/mol. The third-order valence-electron chi connectivity index (χ3n) is 3.09. The van der Waals surface area contributed by atoms with Gasteiger partial charge in [-0.25, -0.2) is 0 Å². The zero-order valence-corrected chi connectivity index (χ0v) is 11.1. The minimum atomic E-state index is -0.0537. The summed E-state index contributed by atoms with van der Waals surface area (Å²) in [4.78, 5) is 24.4. The molecular weight excluding hydrogens is 236 g/mol. The maximum Gasteiger partial charge on any atom is 0.194 e. The van der Waals surface area contributed by atoms with Crippen molar-refractivity contribution in [3.05, 3.63) is 70.8 Å². The lowest BCUT2D eigenvalue weighted by molar-refractivity contribution is 0.0985. The summed E-state index contributed by atoms with van der Waals surface area (Å²) in [6.07, 6.45) is 0.304. The smallest absolute Gasteiger partial charge is 0.194 e. The zero-order valence-electron chi connectivity index (χ0n) is 11.1. The van der Waals surface area contributed by atoms with Crippen molar-refractivity contribution in [2.75, 3.05) is 0 Å². The Kier molecular flexibility index (Phi) is 3.91. The van der Waals surface area contributed by atoms with Gasteiger partial charge in [-0.3, -0.25) is 9.59 Å². The molecule has 96 valence electrons. The van der Waals surface area contributed by atoms with E-state index in [2.05, 4.69) is 0 Å². The summed E-state index contributed by atoms with van der Waals surface area (Å²) in [6, 6.07) is 14.3. The third-order valence-corrected chi connectivity index (χ3v) is 3.09. The van der Waals surface area contributed by atoms with Gasteiger partial charge in [0.05, 0.1) is 0 Å². The van der Waals surface area contributed by atoms with Gasteiger partial charge in [-0.05, 0) is 5.56 Å². The Morgan fingerprint density at radius 1 is 0.737 bits per heavy atom. The monoisotopic (exact) mass is 252 g/mol. The van der Waals surface area contributed by atoms with E-state index in [9.17, 15) is 9.59 Å². The first-order chi connectivity index (χ1) is 9.27. The van der Waals surface area contributed by atoms with Gasteiger partial charge in [0.1, 0.15) is 0 Å². The van der Waals surface area contributed by atoms with Gasteiger partial charge in [0.25, 0.3) is 0 Å². The third kappa shape index (κ3) is 2.34. The van der Waals surface area contributed by atoms with Gasteiger partial charge in [-0.1, -0.05) is 62.4 Å². The molecule has 0 atom stereocenters. The van der Waals surface area contributed by atoms with Crippen molar-refractivity contribution in [1.29, 1.82) is 0 Å². The van der Waals surface area contributed by atoms with E-state index in [1.807, 2.05) is 32.0 Å². The van der Waals surface area contributed by atoms with Crippen molar-refractivity contribution in [3.63, 3.8) is 0 Å². The second-order valence-corrected chi connectivity index (χ2v) is 4.13. The van der Waals surface area contributed by atoms with E-state index in [1.165, 1.54) is 0 Å². The maximum atomic E-state index is 12.3. The van der Waals surface area contributed by atoms with E-state index < -0.39 is 0 Å². The van der Waals surface area contributed by atoms with Crippen LogP contribution in [0.3, 0.4) is 0 Å². The van der Waals surface area contributed by atoms with Gasteiger partial charge in [-0.2, -0.15) is 0 Å². The first-order valence-electron chi connectivity index (χ1n) is 6.52. The van der Waals surface area contributed by atoms with Crippen LogP contribution in [-0.4, -0.2) is 11.6 Å². The zero-order chi connectivity index (χ0) is 13.8. The Balaban J connectivity index is 0.000000637. The largest absolute Gasteiger partial charge is 0.294 e. The van der Waals surface area contributed by atoms with Crippen molar-refractivity contribution < 1.29 is 9.59 Å². The molecule has 0 aliphatic heterocycles. The summed E-state index contributed by atoms with van der Waals surface area (Å²) in [5, 5.41) is 0. The molecule has 0 amide bonds. The quantitative estimate of drug-likeness (QED) is 0.716. The van der Waals surface area contributed by atoms with Crippen molar-refractivity contribution in [2.24, 2.45) is 0 Å². The molecule has 0 heterocycles. The summed E-state index contributed by atoms with van der Waals surface area (Å²) in [5.74, 6) is -0.0408. The average Bonchev–Trinajstić information content (AvgIpc) is 2.58. The van der Waals surface area contributed by atoms with Crippen LogP contribution in [0, 0.1) is 0 Å². The fourth-order valence-corrected chi connectivity index (χ4v) is 2.23. The summed E-state index contributed by atoms with van der Waals surface area (Å²) in [7, 11) is 0. The van der Waals surface area contributed by atoms with E-state index in [0.29, 0.717) is 23.1 Å². The Morgan fingerprint density at radius 2 is 1.26 bits per heavy atom. The van der Waals surface area contributed by atoms with Gasteiger partial charge in [0.15, 0.2) is 11.6 Å². The highest BCUT2D eigenvalue weighted by molar-refractivity contribution is 6.19. The number of hydrogen-bond donors (Lipinski definition) is 0. The Bertz CT molecular complexity index is 627. The van der Waals surface area contributed by atoms with E-state index >= 15 is 0 Å². The minimum Gasteiger partial charge on any atom is -0.294 e. The normalized spacial score (nSPS) is 12.7. The van der Waals surface area contributed by atoms with Crippen molar-refractivity contribution in [2.45, 2.75) is 20.3 Å². The van der Waals surface area contributed by atoms with Gasteiger partial charge < -0.3 is 0 Å². The summed E-state index contributed by atoms with van der Waals surface area (Å²) in [5.41, 5.74) is 2.51. The molecule has 0 unspecified atom stereocenters. The lowest BCUT2D eigenvalue weighted by Gasteiger charge is -2.03. The van der Waals surface area contributed by atoms with Crippen LogP contribution in [0.5, 0.6) is 0 Å². The predicted molar refractivity (Wildman–Crippen MR) is 75.7 cm³/mol. The Hall–Kier alpha value is -2.22. The molecule has 0 aromatic heterocycles. The summed E-state index contributed by atoms with van der Waals surface area (Å²) in [6.45, 7) is 4.00. The summed E-state index contributed by atoms with van der Waals surface area (Å²) >= 11 is 0. The Labute approximate surface area is 113 Å². The Morgan fingerprint density at radius 3 is 1.95 bits per heavy atom. The van der Waals surface area contributed by atoms with Crippen LogP contribution in [0.1, 0.15) is 45.7 Å². The lowest BCUT2D eigenvalue weighted by Crippen LogP contribution is -2.05. The number of Topliss-reactive ketones (excluding diaryl/α,β-unsaturated/α-hetero) is 1. The van der Waals surface area contributed by atoms with Crippen molar-refractivity contribution >= 4 is 11.6 Å². The fourth-order valence-electron chi connectivity index (χ4n) is 2.23. The molecule has 0 fully saturated rings. The molecule has 0 radical (unpaired) electrons. The van der Waals surface area contributed by atoms with Gasteiger partial charge in [0, 0.05) is 23.1 Å². The molecule has 2 nitrogen and oxygen atoms in total. The number of carbonyl (C=O) groups is 2. The molecule has 0 saturated carbocycles. The second kappa shape index (κ2) is 5.61. The molecule has 2 aromatic rings. The molecule has 2 aromatic carbocycles. The molecule has 0 N–H and O–H groups in total. The lowest BCUT2D eigenvalue weighted by atomic mass is 9.99. The van der Waals surface area contributed by atoms with Crippen LogP contribution in [0.25, 0.3) is 0 Å². The van der Waals surface area contributed by atoms with Crippen LogP contribution in [0.2, 0.25) is 0 Å². The van der Waals surface area contributed by atoms with Crippen LogP contribution < -0.4 is 0 Å². The standard InChI is InChI=1S/C15H10O2.C2H6/c16-14-9-10-5-1-2-6-11(10)15(17)13-8-4-3-7-12(13)14;1-2/h1-8H,9H2;1-2H3. The van der Waals surface area contributed by atoms with E-state index in [1.54, 1.807) is 30.3 Å². The number of ketones is 2. The van der Waals surface area contributed by atoms with Crippen molar-refractivity contribution in [3.8, 4) is 0 Å². The molecule has 1 aliphatic carbocycles. The highest BCUT2D eigenvalue weighted by atomic mass is 16.1. The molecular formula is C17H16O2. The number of carbonyl (C=O) groups excluding carboxylic acids is 2. The second-order valence-electron chi connectivity index (χ2n) is 4.13. The highest BCUT2D eigenvalue weighted by Crippen LogP contribution is 2.23. The van der Waals surface area contributed by atoms with Crippen molar-refractivity contribution in [1.82, 2.24) is 0 Å². The van der Waals surface area contributed by atoms with Gasteiger partial charge in [-0.15, -0.1) is 0 Å². The van der Waals surface area contributed by atoms with E-state index in [4.69, 9.17) is 0 Å². The topological polar surface area (TPSA) is 34.1 Å². The molecule has 0 saturated heterocycles. The van der Waals surface area contributed by atoms with Gasteiger partial charge >= 0.3 is 0 Å². The SMILES string of the molecule is CC.O=C1Cc2ccccc2C(=O)c2ccccc21. The maximum absolute atomic E-state index is 12.3. The number of benzene rings is 2. The highest BCUT2D eigenvalue weighted by Gasteiger charge is 2.24. The van der Waals surface area contributed by atoms with Gasteiger partial charge in [0.2, 0.25) is 0 Å². The molecule has 3 rings (SSSR count). The number of fused-ring (bicyclic) bond motifs is 2. The van der Waals surface area contributed by atoms with Crippen LogP contribution in [0.15, 0.2) is 48.5 Å². The van der Waals surface area contributed by atoms with E-state index in [-0.39, 0.29) is 11.6 Å². The van der Waals surface area contributed by atoms with Crippen LogP contribution >= 0.6 is 0 Å². The van der Waals surface area contributed by atoms with E-state index in [0.717, 1.165) is 5.56 Å². The molecule has 19 heavy (non-hydrogen) atoms. The minimum absolute atomic E-state index is 0.0129. The molecule has 0 spiro atoms. The van der Waals surface area contributed by atoms with Crippen LogP contribution in [-0.2, 0) is 6.42 Å². The number of hydrogen-bond acceptors (Lipinski definition) is 2. The first-order valence-corrected chi connectivity index (χ1v) is 6.52. The van der Waals surface area contributed by atoms with Crippen LogP contribution in [0.4, 0.5) is 0 Å². The molecule has 2 heteroatoms. The number of rotatable bonds is 0. The summed E-state index contributed by atoms with van der Waals surface area (Å²) < 4.78 is 0. The predicted octanol–water partition coefficient (Wildman–Crippen LogP) is 3.68. The molecule has 0 bridgehead atoms.